The standard InChI is InChI=1S/C60H41N3/c1-60(2)55-31-16-15-30-50(55)54-36-52-51-35-42(59-62-57(39-20-7-4-8-21-39)61-58(63-59)41-23-17-22-40(34-41)38-18-5-3-6-19-38)32-33-49(51)47-28-12-11-26-45(47)43-24-9-10-25-44(43)46-27-13-14-29-48(46)53(52)37-56(54)60/h3-37H,1-2H3. The highest BCUT2D eigenvalue weighted by atomic mass is 15.0. The van der Waals surface area contributed by atoms with Crippen LogP contribution in [-0.4, -0.2) is 15.0 Å². The first kappa shape index (κ1) is 36.8. The van der Waals surface area contributed by atoms with Crippen molar-refractivity contribution in [2.75, 3.05) is 0 Å². The van der Waals surface area contributed by atoms with Crippen molar-refractivity contribution < 1.29 is 0 Å². The maximum Gasteiger partial charge on any atom is 0.164 e. The molecule has 1 aromatic heterocycles. The second-order valence-corrected chi connectivity index (χ2v) is 17.1. The Labute approximate surface area is 366 Å². The van der Waals surface area contributed by atoms with Crippen molar-refractivity contribution in [3.8, 4) is 56.4 Å². The molecule has 0 unspecified atom stereocenters. The highest BCUT2D eigenvalue weighted by Gasteiger charge is 2.35. The molecule has 0 saturated carbocycles. The largest absolute Gasteiger partial charge is 0.208 e. The van der Waals surface area contributed by atoms with E-state index in [0.717, 1.165) is 38.6 Å². The minimum absolute atomic E-state index is 0.173. The molecule has 0 aliphatic heterocycles. The number of aromatic nitrogens is 3. The molecule has 0 spiro atoms. The zero-order chi connectivity index (χ0) is 42.1. The van der Waals surface area contributed by atoms with Crippen LogP contribution in [0, 0.1) is 0 Å². The Morgan fingerprint density at radius 1 is 0.254 bits per heavy atom. The second kappa shape index (κ2) is 14.6. The molecule has 1 aliphatic carbocycles. The normalized spacial score (nSPS) is 12.7. The molecular formula is C60H41N3. The van der Waals surface area contributed by atoms with Crippen molar-refractivity contribution in [3.63, 3.8) is 0 Å². The summed E-state index contributed by atoms with van der Waals surface area (Å²) in [6.07, 6.45) is 0. The van der Waals surface area contributed by atoms with Crippen LogP contribution in [-0.2, 0) is 5.41 Å². The third kappa shape index (κ3) is 6.07. The van der Waals surface area contributed by atoms with Crippen molar-refractivity contribution in [2.24, 2.45) is 0 Å². The fraction of sp³-hybridized carbons (Fsp3) is 0.0500. The third-order valence-corrected chi connectivity index (χ3v) is 13.1. The third-order valence-electron chi connectivity index (χ3n) is 13.1. The lowest BCUT2D eigenvalue weighted by Crippen LogP contribution is -2.14. The zero-order valence-corrected chi connectivity index (χ0v) is 35.0. The lowest BCUT2D eigenvalue weighted by molar-refractivity contribution is 0.661. The minimum atomic E-state index is -0.173. The van der Waals surface area contributed by atoms with E-state index in [-0.39, 0.29) is 5.41 Å². The number of hydrogen-bond acceptors (Lipinski definition) is 3. The monoisotopic (exact) mass is 803 g/mol. The van der Waals surface area contributed by atoms with Crippen molar-refractivity contribution in [1.29, 1.82) is 0 Å². The first-order valence-corrected chi connectivity index (χ1v) is 21.7. The van der Waals surface area contributed by atoms with Gasteiger partial charge in [-0.1, -0.05) is 202 Å². The molecule has 0 amide bonds. The Balaban J connectivity index is 1.23. The van der Waals surface area contributed by atoms with Crippen molar-refractivity contribution in [2.45, 2.75) is 19.3 Å². The molecule has 0 N–H and O–H groups in total. The molecule has 63 heavy (non-hydrogen) atoms. The molecule has 0 radical (unpaired) electrons. The van der Waals surface area contributed by atoms with Gasteiger partial charge in [0.2, 0.25) is 0 Å². The van der Waals surface area contributed by atoms with E-state index in [1.165, 1.54) is 65.3 Å². The Morgan fingerprint density at radius 3 is 1.27 bits per heavy atom. The summed E-state index contributed by atoms with van der Waals surface area (Å²) in [6.45, 7) is 4.73. The maximum absolute atomic E-state index is 5.31. The number of benzene rings is 9. The van der Waals surface area contributed by atoms with Crippen LogP contribution >= 0.6 is 0 Å². The predicted octanol–water partition coefficient (Wildman–Crippen LogP) is 15.7. The Kier molecular flexibility index (Phi) is 8.52. The molecule has 296 valence electrons. The van der Waals surface area contributed by atoms with Gasteiger partial charge in [-0.15, -0.1) is 0 Å². The quantitative estimate of drug-likeness (QED) is 0.178. The first-order chi connectivity index (χ1) is 31.0. The van der Waals surface area contributed by atoms with Gasteiger partial charge < -0.3 is 0 Å². The van der Waals surface area contributed by atoms with E-state index in [9.17, 15) is 0 Å². The van der Waals surface area contributed by atoms with E-state index in [1.807, 2.05) is 24.3 Å². The molecular weight excluding hydrogens is 763 g/mol. The molecule has 1 aliphatic rings. The number of rotatable bonds is 4. The van der Waals surface area contributed by atoms with Crippen molar-refractivity contribution in [1.82, 2.24) is 15.0 Å². The lowest BCUT2D eigenvalue weighted by Gasteiger charge is -2.22. The molecule has 0 atom stereocenters. The van der Waals surface area contributed by atoms with Crippen molar-refractivity contribution >= 4 is 53.9 Å². The fourth-order valence-corrected chi connectivity index (χ4v) is 10.0. The molecule has 0 saturated heterocycles. The molecule has 0 fully saturated rings. The van der Waals surface area contributed by atoms with Crippen LogP contribution in [0.4, 0.5) is 0 Å². The van der Waals surface area contributed by atoms with Crippen LogP contribution < -0.4 is 0 Å². The molecule has 10 aromatic carbocycles. The van der Waals surface area contributed by atoms with E-state index in [0.29, 0.717) is 17.5 Å². The van der Waals surface area contributed by atoms with Gasteiger partial charge in [0.05, 0.1) is 0 Å². The van der Waals surface area contributed by atoms with E-state index in [4.69, 9.17) is 15.0 Å². The Morgan fingerprint density at radius 2 is 0.667 bits per heavy atom. The Bertz CT molecular complexity index is 3700. The lowest BCUT2D eigenvalue weighted by atomic mass is 9.81. The van der Waals surface area contributed by atoms with Crippen molar-refractivity contribution in [3.05, 3.63) is 223 Å². The topological polar surface area (TPSA) is 38.7 Å². The molecule has 0 bridgehead atoms. The van der Waals surface area contributed by atoms with Crippen LogP contribution in [0.15, 0.2) is 212 Å². The van der Waals surface area contributed by atoms with Crippen LogP contribution in [0.5, 0.6) is 0 Å². The summed E-state index contributed by atoms with van der Waals surface area (Å²) in [5, 5.41) is 11.9. The first-order valence-electron chi connectivity index (χ1n) is 21.7. The summed E-state index contributed by atoms with van der Waals surface area (Å²) in [5.74, 6) is 1.88. The van der Waals surface area contributed by atoms with Crippen LogP contribution in [0.3, 0.4) is 0 Å². The summed E-state index contributed by atoms with van der Waals surface area (Å²) < 4.78 is 0. The van der Waals surface area contributed by atoms with E-state index < -0.39 is 0 Å². The minimum Gasteiger partial charge on any atom is -0.208 e. The number of nitrogens with zero attached hydrogens (tertiary/aromatic N) is 3. The van der Waals surface area contributed by atoms with Crippen LogP contribution in [0.25, 0.3) is 110 Å². The smallest absolute Gasteiger partial charge is 0.164 e. The summed E-state index contributed by atoms with van der Waals surface area (Å²) >= 11 is 0. The van der Waals surface area contributed by atoms with Gasteiger partial charge in [0, 0.05) is 22.1 Å². The van der Waals surface area contributed by atoms with Gasteiger partial charge >= 0.3 is 0 Å². The molecule has 3 nitrogen and oxygen atoms in total. The van der Waals surface area contributed by atoms with Gasteiger partial charge in [0.1, 0.15) is 0 Å². The molecule has 11 aromatic rings. The maximum atomic E-state index is 5.31. The summed E-state index contributed by atoms with van der Waals surface area (Å²) in [6, 6.07) is 76.6. The molecule has 3 heteroatoms. The van der Waals surface area contributed by atoms with Gasteiger partial charge in [0.15, 0.2) is 17.5 Å². The highest BCUT2D eigenvalue weighted by molar-refractivity contribution is 6.27. The SMILES string of the molecule is CC1(C)c2ccccc2-c2cc3c4cc(-c5nc(-c6ccccc6)nc(-c6cccc(-c7ccccc7)c6)n5)ccc4c4ccccc4c4ccccc4c4ccccc4c3cc21. The van der Waals surface area contributed by atoms with Gasteiger partial charge in [-0.05, 0) is 112 Å². The van der Waals surface area contributed by atoms with E-state index in [2.05, 4.69) is 202 Å². The molecule has 1 heterocycles. The van der Waals surface area contributed by atoms with E-state index >= 15 is 0 Å². The summed E-state index contributed by atoms with van der Waals surface area (Å²) in [7, 11) is 0. The molecule has 12 rings (SSSR count). The highest BCUT2D eigenvalue weighted by Crippen LogP contribution is 2.51. The average Bonchev–Trinajstić information content (AvgIpc) is 3.58. The second-order valence-electron chi connectivity index (χ2n) is 17.1. The predicted molar refractivity (Wildman–Crippen MR) is 264 cm³/mol. The van der Waals surface area contributed by atoms with Gasteiger partial charge in [-0.3, -0.25) is 0 Å². The zero-order valence-electron chi connectivity index (χ0n) is 35.0. The van der Waals surface area contributed by atoms with Crippen LogP contribution in [0.1, 0.15) is 25.0 Å². The average molecular weight is 804 g/mol. The Hall–Kier alpha value is -8.01. The van der Waals surface area contributed by atoms with Crippen LogP contribution in [0.2, 0.25) is 0 Å². The summed E-state index contributed by atoms with van der Waals surface area (Å²) in [4.78, 5) is 15.7. The van der Waals surface area contributed by atoms with Gasteiger partial charge in [-0.25, -0.2) is 15.0 Å². The fourth-order valence-electron chi connectivity index (χ4n) is 10.0. The van der Waals surface area contributed by atoms with E-state index in [1.54, 1.807) is 0 Å². The van der Waals surface area contributed by atoms with Gasteiger partial charge in [-0.2, -0.15) is 0 Å². The number of fused-ring (bicyclic) bond motifs is 13. The summed E-state index contributed by atoms with van der Waals surface area (Å²) in [5.41, 5.74) is 10.1. The van der Waals surface area contributed by atoms with Gasteiger partial charge in [0.25, 0.3) is 0 Å². The number of hydrogen-bond donors (Lipinski definition) is 0.